The van der Waals surface area contributed by atoms with Crippen LogP contribution in [0.3, 0.4) is 0 Å². The number of rotatable bonds is 10. The fourth-order valence-corrected chi connectivity index (χ4v) is 3.47. The lowest BCUT2D eigenvalue weighted by atomic mass is 9.95. The van der Waals surface area contributed by atoms with E-state index in [1.807, 2.05) is 30.3 Å². The molecule has 6 nitrogen and oxygen atoms in total. The third-order valence-corrected chi connectivity index (χ3v) is 5.18. The number of aliphatic hydroxyl groups excluding tert-OH is 1. The van der Waals surface area contributed by atoms with Crippen molar-refractivity contribution in [2.45, 2.75) is 25.6 Å². The van der Waals surface area contributed by atoms with Gasteiger partial charge in [-0.3, -0.25) is 4.79 Å². The average molecular weight is 451 g/mol. The predicted molar refractivity (Wildman–Crippen MR) is 121 cm³/mol. The number of carbonyl (C=O) groups is 2. The van der Waals surface area contributed by atoms with Crippen molar-refractivity contribution in [2.24, 2.45) is 0 Å². The summed E-state index contributed by atoms with van der Waals surface area (Å²) in [5.74, 6) is -1.42. The smallest absolute Gasteiger partial charge is 0.358 e. The van der Waals surface area contributed by atoms with E-state index in [1.54, 1.807) is 18.2 Å². The van der Waals surface area contributed by atoms with Gasteiger partial charge in [-0.2, -0.15) is 0 Å². The molecule has 0 bridgehead atoms. The van der Waals surface area contributed by atoms with Crippen molar-refractivity contribution in [3.05, 3.63) is 107 Å². The summed E-state index contributed by atoms with van der Waals surface area (Å²) in [7, 11) is 1.23. The normalized spacial score (nSPS) is 15.7. The minimum Gasteiger partial charge on any atom is -0.488 e. The second kappa shape index (κ2) is 11.2. The van der Waals surface area contributed by atoms with Gasteiger partial charge in [0.1, 0.15) is 18.5 Å². The van der Waals surface area contributed by atoms with E-state index in [0.29, 0.717) is 6.42 Å². The van der Waals surface area contributed by atoms with Gasteiger partial charge >= 0.3 is 5.97 Å². The molecule has 0 spiro atoms. The summed E-state index contributed by atoms with van der Waals surface area (Å²) in [6.45, 7) is 3.99. The van der Waals surface area contributed by atoms with Gasteiger partial charge in [-0.05, 0) is 29.7 Å². The lowest BCUT2D eigenvalue weighted by Crippen LogP contribution is -2.37. The Balaban J connectivity index is 1.86. The number of nitrogens with zero attached hydrogens (tertiary/aromatic N) is 1. The third kappa shape index (κ3) is 5.96. The van der Waals surface area contributed by atoms with Gasteiger partial charge in [0.05, 0.1) is 7.11 Å². The van der Waals surface area contributed by atoms with Crippen LogP contribution in [0.15, 0.2) is 90.5 Å². The topological polar surface area (TPSA) is 76.1 Å². The standard InChI is InChI=1S/C26H26FNO5/c1-3-15-28-16-21(22(29)14-11-18-9-12-20(27)13-10-18)24(30)25(23(28)26(31)32-2)33-17-19-7-5-4-6-8-19/h3-10,12-13,16,24,30H,1,11,14-15,17H2,2H3. The quantitative estimate of drug-likeness (QED) is 0.439. The van der Waals surface area contributed by atoms with Crippen LogP contribution < -0.4 is 0 Å². The van der Waals surface area contributed by atoms with Crippen LogP contribution in [0.4, 0.5) is 4.39 Å². The molecule has 1 heterocycles. The molecule has 3 rings (SSSR count). The molecule has 1 aliphatic heterocycles. The Morgan fingerprint density at radius 2 is 1.82 bits per heavy atom. The first-order chi connectivity index (χ1) is 15.9. The van der Waals surface area contributed by atoms with Crippen LogP contribution in [0.25, 0.3) is 0 Å². The number of aryl methyl sites for hydroxylation is 1. The van der Waals surface area contributed by atoms with Crippen molar-refractivity contribution in [1.82, 2.24) is 4.90 Å². The van der Waals surface area contributed by atoms with E-state index in [4.69, 9.17) is 9.47 Å². The summed E-state index contributed by atoms with van der Waals surface area (Å²) >= 11 is 0. The molecule has 1 N–H and O–H groups in total. The zero-order valence-corrected chi connectivity index (χ0v) is 18.4. The number of methoxy groups -OCH3 is 1. The van der Waals surface area contributed by atoms with Gasteiger partial charge in [-0.15, -0.1) is 6.58 Å². The van der Waals surface area contributed by atoms with Crippen molar-refractivity contribution < 1.29 is 28.6 Å². The number of benzene rings is 2. The molecule has 2 aromatic carbocycles. The summed E-state index contributed by atoms with van der Waals surface area (Å²) in [5.41, 5.74) is 1.73. The number of ether oxygens (including phenoxy) is 2. The maximum Gasteiger partial charge on any atom is 0.358 e. The van der Waals surface area contributed by atoms with Gasteiger partial charge in [0.2, 0.25) is 0 Å². The molecule has 1 aliphatic rings. The molecule has 0 saturated carbocycles. The SMILES string of the molecule is C=CCN1C=C(C(=O)CCc2ccc(F)cc2)C(O)C(OCc2ccccc2)=C1C(=O)OC. The fraction of sp³-hybridized carbons (Fsp3) is 0.231. The summed E-state index contributed by atoms with van der Waals surface area (Å²) in [4.78, 5) is 27.0. The number of esters is 1. The van der Waals surface area contributed by atoms with Crippen molar-refractivity contribution in [2.75, 3.05) is 13.7 Å². The highest BCUT2D eigenvalue weighted by atomic mass is 19.1. The Hall–Kier alpha value is -3.71. The van der Waals surface area contributed by atoms with Crippen LogP contribution in [0.5, 0.6) is 0 Å². The highest BCUT2D eigenvalue weighted by Crippen LogP contribution is 2.30. The van der Waals surface area contributed by atoms with E-state index in [1.165, 1.54) is 30.3 Å². The van der Waals surface area contributed by atoms with E-state index in [2.05, 4.69) is 6.58 Å². The molecule has 172 valence electrons. The Labute approximate surface area is 192 Å². The average Bonchev–Trinajstić information content (AvgIpc) is 2.83. The molecule has 0 aromatic heterocycles. The van der Waals surface area contributed by atoms with Gasteiger partial charge in [-0.1, -0.05) is 48.5 Å². The lowest BCUT2D eigenvalue weighted by molar-refractivity contribution is -0.138. The van der Waals surface area contributed by atoms with Crippen LogP contribution >= 0.6 is 0 Å². The van der Waals surface area contributed by atoms with Crippen LogP contribution in [0.2, 0.25) is 0 Å². The molecule has 0 amide bonds. The first-order valence-corrected chi connectivity index (χ1v) is 10.5. The Kier molecular flexibility index (Phi) is 8.16. The zero-order valence-electron chi connectivity index (χ0n) is 18.4. The number of hydrogen-bond donors (Lipinski definition) is 1. The minimum atomic E-state index is -1.44. The van der Waals surface area contributed by atoms with Gasteiger partial charge in [-0.25, -0.2) is 9.18 Å². The molecule has 2 aromatic rings. The van der Waals surface area contributed by atoms with E-state index < -0.39 is 12.1 Å². The maximum atomic E-state index is 13.1. The van der Waals surface area contributed by atoms with Crippen LogP contribution in [-0.4, -0.2) is 41.5 Å². The van der Waals surface area contributed by atoms with E-state index >= 15 is 0 Å². The minimum absolute atomic E-state index is 0.0101. The molecule has 0 aliphatic carbocycles. The molecular weight excluding hydrogens is 425 g/mol. The number of Topliss-reactive ketones (excluding diaryl/α,β-unsaturated/α-hetero) is 1. The van der Waals surface area contributed by atoms with Crippen LogP contribution in [0, 0.1) is 5.82 Å². The third-order valence-electron chi connectivity index (χ3n) is 5.18. The zero-order chi connectivity index (χ0) is 23.8. The van der Waals surface area contributed by atoms with Crippen molar-refractivity contribution in [3.8, 4) is 0 Å². The Morgan fingerprint density at radius 3 is 2.45 bits per heavy atom. The van der Waals surface area contributed by atoms with Gasteiger partial charge in [0.25, 0.3) is 0 Å². The Bertz CT molecular complexity index is 1060. The molecule has 0 fully saturated rings. The first-order valence-electron chi connectivity index (χ1n) is 10.5. The monoisotopic (exact) mass is 451 g/mol. The number of halogens is 1. The van der Waals surface area contributed by atoms with Gasteiger partial charge in [0, 0.05) is 24.7 Å². The number of hydrogen-bond acceptors (Lipinski definition) is 6. The number of carbonyl (C=O) groups excluding carboxylic acids is 2. The van der Waals surface area contributed by atoms with E-state index in [0.717, 1.165) is 11.1 Å². The molecular formula is C26H26FNO5. The van der Waals surface area contributed by atoms with Gasteiger partial charge in [0.15, 0.2) is 17.2 Å². The number of ketones is 1. The highest BCUT2D eigenvalue weighted by molar-refractivity contribution is 5.99. The lowest BCUT2D eigenvalue weighted by Gasteiger charge is -2.32. The van der Waals surface area contributed by atoms with Crippen molar-refractivity contribution in [1.29, 1.82) is 0 Å². The molecule has 1 atom stereocenters. The van der Waals surface area contributed by atoms with E-state index in [9.17, 15) is 19.1 Å². The molecule has 33 heavy (non-hydrogen) atoms. The second-order valence-electron chi connectivity index (χ2n) is 7.46. The molecule has 1 unspecified atom stereocenters. The van der Waals surface area contributed by atoms with E-state index in [-0.39, 0.29) is 48.2 Å². The Morgan fingerprint density at radius 1 is 1.12 bits per heavy atom. The van der Waals surface area contributed by atoms with Crippen LogP contribution in [0.1, 0.15) is 17.5 Å². The molecule has 7 heteroatoms. The maximum absolute atomic E-state index is 13.1. The largest absolute Gasteiger partial charge is 0.488 e. The first kappa shape index (κ1) is 23.9. The number of aliphatic hydroxyl groups is 1. The summed E-state index contributed by atoms with van der Waals surface area (Å²) in [5, 5.41) is 11.0. The second-order valence-corrected chi connectivity index (χ2v) is 7.46. The summed E-state index contributed by atoms with van der Waals surface area (Å²) < 4.78 is 23.9. The summed E-state index contributed by atoms with van der Waals surface area (Å²) in [6.07, 6.45) is 2.02. The predicted octanol–water partition coefficient (Wildman–Crippen LogP) is 3.68. The summed E-state index contributed by atoms with van der Waals surface area (Å²) in [6, 6.07) is 15.1. The van der Waals surface area contributed by atoms with Crippen molar-refractivity contribution in [3.63, 3.8) is 0 Å². The van der Waals surface area contributed by atoms with Crippen LogP contribution in [-0.2, 0) is 32.1 Å². The molecule has 0 saturated heterocycles. The highest BCUT2D eigenvalue weighted by Gasteiger charge is 2.36. The molecule has 0 radical (unpaired) electrons. The van der Waals surface area contributed by atoms with Crippen molar-refractivity contribution >= 4 is 11.8 Å². The van der Waals surface area contributed by atoms with Gasteiger partial charge < -0.3 is 19.5 Å². The fourth-order valence-electron chi connectivity index (χ4n) is 3.47.